The molecule has 0 unspecified atom stereocenters. The monoisotopic (exact) mass is 474 g/mol. The first-order chi connectivity index (χ1) is 11.8. The van der Waals surface area contributed by atoms with E-state index in [0.717, 1.165) is 25.9 Å². The fraction of sp³-hybridized carbons (Fsp3) is 0. The third-order valence-electron chi connectivity index (χ3n) is 3.36. The molecule has 3 nitrogen and oxygen atoms in total. The van der Waals surface area contributed by atoms with Crippen LogP contribution in [0.25, 0.3) is 16.2 Å². The zero-order valence-electron chi connectivity index (χ0n) is 12.4. The van der Waals surface area contributed by atoms with Crippen LogP contribution in [0.15, 0.2) is 62.0 Å². The van der Waals surface area contributed by atoms with Crippen molar-refractivity contribution in [2.75, 3.05) is 0 Å². The Morgan fingerprint density at radius 2 is 1.80 bits per heavy atom. The first kappa shape index (κ1) is 18.6. The minimum Gasteiger partial charge on any atom is -0.276 e. The molecule has 0 saturated carbocycles. The highest BCUT2D eigenvalue weighted by Gasteiger charge is 2.17. The fourth-order valence-electron chi connectivity index (χ4n) is 2.15. The normalized spacial score (nSPS) is 12.1. The lowest BCUT2D eigenvalue weighted by atomic mass is 10.2. The minimum atomic E-state index is -3.91. The molecular weight excluding hydrogens is 467 g/mol. The second kappa shape index (κ2) is 7.21. The van der Waals surface area contributed by atoms with Crippen molar-refractivity contribution in [1.82, 2.24) is 0 Å². The molecule has 0 aliphatic rings. The number of benzene rings is 2. The average Bonchev–Trinajstić information content (AvgIpc) is 2.53. The van der Waals surface area contributed by atoms with Gasteiger partial charge in [0, 0.05) is 24.6 Å². The van der Waals surface area contributed by atoms with Crippen molar-refractivity contribution in [3.05, 3.63) is 77.5 Å². The molecule has 3 aromatic rings. The highest BCUT2D eigenvalue weighted by Crippen LogP contribution is 2.26. The van der Waals surface area contributed by atoms with Gasteiger partial charge in [0.15, 0.2) is 0 Å². The Labute approximate surface area is 166 Å². The van der Waals surface area contributed by atoms with Crippen molar-refractivity contribution in [3.8, 4) is 0 Å². The van der Waals surface area contributed by atoms with E-state index < -0.39 is 14.6 Å². The Morgan fingerprint density at radius 1 is 1.04 bits per heavy atom. The number of sulfone groups is 1. The lowest BCUT2D eigenvalue weighted by Crippen LogP contribution is -2.09. The predicted molar refractivity (Wildman–Crippen MR) is 108 cm³/mol. The van der Waals surface area contributed by atoms with Gasteiger partial charge in [0.2, 0.25) is 9.84 Å². The maximum atomic E-state index is 12.6. The summed E-state index contributed by atoms with van der Waals surface area (Å²) in [6, 6.07) is 11.5. The van der Waals surface area contributed by atoms with Crippen LogP contribution in [0.5, 0.6) is 0 Å². The molecule has 0 N–H and O–H groups in total. The van der Waals surface area contributed by atoms with Crippen molar-refractivity contribution in [3.63, 3.8) is 0 Å². The number of rotatable bonds is 3. The van der Waals surface area contributed by atoms with E-state index in [2.05, 4.69) is 15.9 Å². The summed E-state index contributed by atoms with van der Waals surface area (Å²) in [5, 5.41) is 2.44. The van der Waals surface area contributed by atoms with Gasteiger partial charge < -0.3 is 0 Å². The third-order valence-corrected chi connectivity index (χ3v) is 6.95. The van der Waals surface area contributed by atoms with Gasteiger partial charge in [-0.05, 0) is 53.4 Å². The average molecular weight is 476 g/mol. The Bertz CT molecular complexity index is 1170. The van der Waals surface area contributed by atoms with Gasteiger partial charge in [-0.2, -0.15) is 0 Å². The van der Waals surface area contributed by atoms with Crippen molar-refractivity contribution >= 4 is 76.5 Å². The van der Waals surface area contributed by atoms with Crippen LogP contribution in [0.1, 0.15) is 5.56 Å². The van der Waals surface area contributed by atoms with E-state index in [1.807, 2.05) is 0 Å². The predicted octanol–water partition coefficient (Wildman–Crippen LogP) is 5.78. The van der Waals surface area contributed by atoms with Crippen LogP contribution in [-0.2, 0) is 9.84 Å². The minimum absolute atomic E-state index is 0.260. The first-order valence-corrected chi connectivity index (χ1v) is 10.8. The Hall–Kier alpha value is -1.18. The maximum Gasteiger partial charge on any atom is 0.251 e. The van der Waals surface area contributed by atoms with Gasteiger partial charge in [-0.1, -0.05) is 56.5 Å². The fourth-order valence-corrected chi connectivity index (χ4v) is 5.20. The van der Waals surface area contributed by atoms with E-state index in [9.17, 15) is 13.2 Å². The van der Waals surface area contributed by atoms with Gasteiger partial charge in [0.1, 0.15) is 4.90 Å². The van der Waals surface area contributed by atoms with Crippen LogP contribution in [0.4, 0.5) is 0 Å². The molecule has 0 aliphatic carbocycles. The Morgan fingerprint density at radius 3 is 2.52 bits per heavy atom. The highest BCUT2D eigenvalue weighted by molar-refractivity contribution is 9.10. The second-order valence-electron chi connectivity index (χ2n) is 5.09. The molecule has 3 rings (SSSR count). The summed E-state index contributed by atoms with van der Waals surface area (Å²) in [6.45, 7) is 0. The van der Waals surface area contributed by atoms with Crippen molar-refractivity contribution in [1.29, 1.82) is 0 Å². The molecule has 1 heterocycles. The molecule has 25 heavy (non-hydrogen) atoms. The molecule has 0 bridgehead atoms. The SMILES string of the molecule is O=c1sc2ccc(Br)cc2cc1S(=O)(=O)C=Cc1ccc(Cl)cc1Cl. The van der Waals surface area contributed by atoms with Crippen LogP contribution >= 0.6 is 50.5 Å². The van der Waals surface area contributed by atoms with E-state index in [-0.39, 0.29) is 4.90 Å². The summed E-state index contributed by atoms with van der Waals surface area (Å²) in [6.07, 6.45) is 1.35. The molecule has 0 saturated heterocycles. The summed E-state index contributed by atoms with van der Waals surface area (Å²) in [4.78, 5) is 12.0. The topological polar surface area (TPSA) is 51.2 Å². The van der Waals surface area contributed by atoms with Crippen molar-refractivity contribution < 1.29 is 8.42 Å². The largest absolute Gasteiger partial charge is 0.276 e. The van der Waals surface area contributed by atoms with Gasteiger partial charge in [-0.15, -0.1) is 0 Å². The Kier molecular flexibility index (Phi) is 5.37. The number of fused-ring (bicyclic) bond motifs is 1. The van der Waals surface area contributed by atoms with E-state index >= 15 is 0 Å². The van der Waals surface area contributed by atoms with Gasteiger partial charge in [0.05, 0.1) is 0 Å². The van der Waals surface area contributed by atoms with Crippen LogP contribution in [0, 0.1) is 0 Å². The maximum absolute atomic E-state index is 12.6. The van der Waals surface area contributed by atoms with E-state index in [4.69, 9.17) is 23.2 Å². The van der Waals surface area contributed by atoms with Crippen LogP contribution in [0.3, 0.4) is 0 Å². The quantitative estimate of drug-likeness (QED) is 0.482. The molecule has 8 heteroatoms. The number of hydrogen-bond donors (Lipinski definition) is 0. The molecule has 1 aromatic heterocycles. The Balaban J connectivity index is 2.07. The molecular formula is C17H9BrCl2O3S2. The molecule has 0 aliphatic heterocycles. The highest BCUT2D eigenvalue weighted by atomic mass is 79.9. The van der Waals surface area contributed by atoms with Crippen LogP contribution in [0.2, 0.25) is 10.0 Å². The summed E-state index contributed by atoms with van der Waals surface area (Å²) < 4.78 is 26.2. The van der Waals surface area contributed by atoms with Gasteiger partial charge >= 0.3 is 0 Å². The summed E-state index contributed by atoms with van der Waals surface area (Å²) in [5.41, 5.74) is 0.495. The standard InChI is InChI=1S/C17H9BrCl2O3S2/c18-12-2-4-15-11(7-12)8-16(17(21)24-15)25(22,23)6-5-10-1-3-13(19)9-14(10)20/h1-9H. The van der Waals surface area contributed by atoms with Gasteiger partial charge in [-0.3, -0.25) is 4.79 Å². The molecule has 0 radical (unpaired) electrons. The third kappa shape index (κ3) is 4.15. The lowest BCUT2D eigenvalue weighted by molar-refractivity contribution is 0.604. The van der Waals surface area contributed by atoms with Crippen molar-refractivity contribution in [2.45, 2.75) is 4.90 Å². The summed E-state index contributed by atoms with van der Waals surface area (Å²) >= 11 is 16.1. The second-order valence-corrected chi connectivity index (χ2v) is 9.67. The zero-order chi connectivity index (χ0) is 18.2. The van der Waals surface area contributed by atoms with Crippen molar-refractivity contribution in [2.24, 2.45) is 0 Å². The molecule has 0 atom stereocenters. The molecule has 0 spiro atoms. The summed E-state index contributed by atoms with van der Waals surface area (Å²) in [7, 11) is -3.91. The van der Waals surface area contributed by atoms with Crippen LogP contribution in [-0.4, -0.2) is 8.42 Å². The lowest BCUT2D eigenvalue weighted by Gasteiger charge is -2.02. The van der Waals surface area contributed by atoms with Gasteiger partial charge in [-0.25, -0.2) is 8.42 Å². The molecule has 128 valence electrons. The number of hydrogen-bond acceptors (Lipinski definition) is 4. The van der Waals surface area contributed by atoms with E-state index in [1.165, 1.54) is 18.2 Å². The molecule has 0 amide bonds. The number of halogens is 3. The smallest absolute Gasteiger partial charge is 0.251 e. The van der Waals surface area contributed by atoms with Gasteiger partial charge in [0.25, 0.3) is 4.74 Å². The summed E-state index contributed by atoms with van der Waals surface area (Å²) in [5.74, 6) is 0. The first-order valence-electron chi connectivity index (χ1n) is 6.88. The van der Waals surface area contributed by atoms with E-state index in [0.29, 0.717) is 21.0 Å². The van der Waals surface area contributed by atoms with Crippen LogP contribution < -0.4 is 4.74 Å². The molecule has 2 aromatic carbocycles. The molecule has 0 fully saturated rings. The zero-order valence-corrected chi connectivity index (χ0v) is 17.1. The van der Waals surface area contributed by atoms with E-state index in [1.54, 1.807) is 30.3 Å².